The van der Waals surface area contributed by atoms with E-state index in [2.05, 4.69) is 30.3 Å². The van der Waals surface area contributed by atoms with Gasteiger partial charge in [-0.3, -0.25) is 0 Å². The predicted molar refractivity (Wildman–Crippen MR) is 148 cm³/mol. The van der Waals surface area contributed by atoms with Gasteiger partial charge in [0.05, 0.1) is 17.3 Å². The van der Waals surface area contributed by atoms with Crippen LogP contribution in [0.5, 0.6) is 0 Å². The van der Waals surface area contributed by atoms with Gasteiger partial charge in [0.1, 0.15) is 5.69 Å². The van der Waals surface area contributed by atoms with E-state index in [-0.39, 0.29) is 6.04 Å². The molecular weight excluding hydrogens is 503 g/mol. The third-order valence-electron chi connectivity index (χ3n) is 6.34. The largest absolute Gasteiger partial charge is 0.416 e. The molecule has 7 nitrogen and oxygen atoms in total. The van der Waals surface area contributed by atoms with Crippen molar-refractivity contribution < 1.29 is 13.2 Å². The van der Waals surface area contributed by atoms with Crippen LogP contribution in [-0.2, 0) is 6.18 Å². The first-order valence-corrected chi connectivity index (χ1v) is 12.8. The number of hydrogen-bond donors (Lipinski definition) is 1. The number of benzene rings is 2. The highest BCUT2D eigenvalue weighted by Crippen LogP contribution is 2.36. The molecular formula is C29H32F3N7. The number of likely N-dealkylation sites (N-methyl/N-ethyl adjacent to an activating group) is 2. The maximum Gasteiger partial charge on any atom is 0.416 e. The minimum absolute atomic E-state index is 0.0582. The Hall–Kier alpha value is -4.05. The second kappa shape index (κ2) is 12.2. The Morgan fingerprint density at radius 1 is 0.923 bits per heavy atom. The molecule has 39 heavy (non-hydrogen) atoms. The maximum atomic E-state index is 13.5. The van der Waals surface area contributed by atoms with Crippen LogP contribution in [0.15, 0.2) is 72.9 Å². The molecule has 0 aliphatic carbocycles. The third kappa shape index (κ3) is 7.08. The van der Waals surface area contributed by atoms with Crippen molar-refractivity contribution in [3.63, 3.8) is 0 Å². The van der Waals surface area contributed by atoms with Gasteiger partial charge in [0, 0.05) is 37.0 Å². The zero-order valence-electron chi connectivity index (χ0n) is 22.4. The standard InChI is InChI=1S/C29H32F3N7/c1-5-39(17-16-38(3)4)26-19-24(27(37-36-26)22-12-9-13-23(18-22)29(30,31)32)25-14-15-33-28(35-25)34-20(2)21-10-7-6-8-11-21/h6-15,18-20H,5,16-17H2,1-4H3,(H,33,34,35)/t20-/m0/s1. The van der Waals surface area contributed by atoms with Crippen molar-refractivity contribution in [2.75, 3.05) is 43.9 Å². The quantitative estimate of drug-likeness (QED) is 0.260. The van der Waals surface area contributed by atoms with Crippen molar-refractivity contribution in [2.45, 2.75) is 26.1 Å². The Labute approximate surface area is 226 Å². The van der Waals surface area contributed by atoms with Gasteiger partial charge < -0.3 is 15.1 Å². The molecule has 0 aliphatic heterocycles. The molecule has 0 unspecified atom stereocenters. The first-order valence-electron chi connectivity index (χ1n) is 12.8. The Kier molecular flexibility index (Phi) is 8.75. The number of rotatable bonds is 10. The second-order valence-electron chi connectivity index (χ2n) is 9.47. The van der Waals surface area contributed by atoms with E-state index in [4.69, 9.17) is 4.98 Å². The van der Waals surface area contributed by atoms with E-state index in [0.717, 1.165) is 24.2 Å². The average molecular weight is 536 g/mol. The Morgan fingerprint density at radius 3 is 2.38 bits per heavy atom. The zero-order valence-corrected chi connectivity index (χ0v) is 22.4. The topological polar surface area (TPSA) is 70.1 Å². The molecule has 4 rings (SSSR count). The normalized spacial score (nSPS) is 12.4. The van der Waals surface area contributed by atoms with Crippen LogP contribution in [0.2, 0.25) is 0 Å². The molecule has 0 fully saturated rings. The lowest BCUT2D eigenvalue weighted by Crippen LogP contribution is -2.32. The Balaban J connectivity index is 1.78. The van der Waals surface area contributed by atoms with Crippen LogP contribution in [0.3, 0.4) is 0 Å². The fourth-order valence-electron chi connectivity index (χ4n) is 4.14. The number of aromatic nitrogens is 4. The Bertz CT molecular complexity index is 1380. The van der Waals surface area contributed by atoms with Crippen LogP contribution < -0.4 is 10.2 Å². The van der Waals surface area contributed by atoms with Crippen molar-refractivity contribution in [3.05, 3.63) is 84.1 Å². The molecule has 0 saturated carbocycles. The fraction of sp³-hybridized carbons (Fsp3) is 0.310. The molecule has 0 spiro atoms. The van der Waals surface area contributed by atoms with Gasteiger partial charge in [-0.05, 0) is 57.8 Å². The number of anilines is 2. The molecule has 1 atom stereocenters. The number of halogens is 3. The van der Waals surface area contributed by atoms with Gasteiger partial charge in [0.2, 0.25) is 5.95 Å². The Morgan fingerprint density at radius 2 is 1.69 bits per heavy atom. The lowest BCUT2D eigenvalue weighted by molar-refractivity contribution is -0.137. The van der Waals surface area contributed by atoms with E-state index >= 15 is 0 Å². The van der Waals surface area contributed by atoms with Crippen LogP contribution in [0, 0.1) is 0 Å². The summed E-state index contributed by atoms with van der Waals surface area (Å²) >= 11 is 0. The van der Waals surface area contributed by atoms with E-state index in [1.807, 2.05) is 64.3 Å². The molecule has 0 aliphatic rings. The minimum Gasteiger partial charge on any atom is -0.354 e. The average Bonchev–Trinajstić information content (AvgIpc) is 2.93. The molecule has 204 valence electrons. The zero-order chi connectivity index (χ0) is 28.0. The highest BCUT2D eigenvalue weighted by molar-refractivity contribution is 5.81. The van der Waals surface area contributed by atoms with Crippen molar-refractivity contribution in [1.29, 1.82) is 0 Å². The summed E-state index contributed by atoms with van der Waals surface area (Å²) < 4.78 is 40.5. The molecule has 10 heteroatoms. The summed E-state index contributed by atoms with van der Waals surface area (Å²) in [6.45, 7) is 6.24. The van der Waals surface area contributed by atoms with Gasteiger partial charge >= 0.3 is 6.18 Å². The number of nitrogens with zero attached hydrogens (tertiary/aromatic N) is 6. The smallest absolute Gasteiger partial charge is 0.354 e. The molecule has 2 aromatic heterocycles. The van der Waals surface area contributed by atoms with Crippen molar-refractivity contribution in [3.8, 4) is 22.5 Å². The maximum absolute atomic E-state index is 13.5. The SMILES string of the molecule is CCN(CCN(C)C)c1cc(-c2ccnc(N[C@@H](C)c3ccccc3)n2)c(-c2cccc(C(F)(F)F)c2)nn1. The number of hydrogen-bond acceptors (Lipinski definition) is 7. The molecule has 2 heterocycles. The summed E-state index contributed by atoms with van der Waals surface area (Å²) in [5, 5.41) is 12.2. The van der Waals surface area contributed by atoms with Crippen molar-refractivity contribution in [1.82, 2.24) is 25.1 Å². The lowest BCUT2D eigenvalue weighted by Gasteiger charge is -2.24. The molecule has 2 aromatic carbocycles. The summed E-state index contributed by atoms with van der Waals surface area (Å²) in [7, 11) is 3.99. The first-order chi connectivity index (χ1) is 18.7. The first kappa shape index (κ1) is 28.0. The summed E-state index contributed by atoms with van der Waals surface area (Å²) in [6.07, 6.45) is -2.85. The van der Waals surface area contributed by atoms with Crippen LogP contribution >= 0.6 is 0 Å². The van der Waals surface area contributed by atoms with E-state index < -0.39 is 11.7 Å². The van der Waals surface area contributed by atoms with E-state index in [0.29, 0.717) is 47.4 Å². The lowest BCUT2D eigenvalue weighted by atomic mass is 10.0. The third-order valence-corrected chi connectivity index (χ3v) is 6.34. The summed E-state index contributed by atoms with van der Waals surface area (Å²) in [4.78, 5) is 13.3. The summed E-state index contributed by atoms with van der Waals surface area (Å²) in [6, 6.07) is 18.5. The van der Waals surface area contributed by atoms with E-state index in [1.54, 1.807) is 18.3 Å². The van der Waals surface area contributed by atoms with E-state index in [1.165, 1.54) is 6.07 Å². The number of alkyl halides is 3. The van der Waals surface area contributed by atoms with Gasteiger partial charge in [-0.2, -0.15) is 13.2 Å². The monoisotopic (exact) mass is 535 g/mol. The molecule has 0 amide bonds. The predicted octanol–water partition coefficient (Wildman–Crippen LogP) is 6.18. The fourth-order valence-corrected chi connectivity index (χ4v) is 4.14. The summed E-state index contributed by atoms with van der Waals surface area (Å²) in [5.41, 5.74) is 2.04. The highest BCUT2D eigenvalue weighted by atomic mass is 19.4. The summed E-state index contributed by atoms with van der Waals surface area (Å²) in [5.74, 6) is 1.02. The molecule has 4 aromatic rings. The van der Waals surface area contributed by atoms with Crippen molar-refractivity contribution >= 4 is 11.8 Å². The van der Waals surface area contributed by atoms with Crippen LogP contribution in [-0.4, -0.2) is 58.8 Å². The van der Waals surface area contributed by atoms with Gasteiger partial charge in [-0.25, -0.2) is 9.97 Å². The second-order valence-corrected chi connectivity index (χ2v) is 9.47. The highest BCUT2D eigenvalue weighted by Gasteiger charge is 2.31. The van der Waals surface area contributed by atoms with Crippen LogP contribution in [0.1, 0.15) is 31.0 Å². The molecule has 0 saturated heterocycles. The van der Waals surface area contributed by atoms with Gasteiger partial charge in [-0.15, -0.1) is 10.2 Å². The van der Waals surface area contributed by atoms with Crippen molar-refractivity contribution in [2.24, 2.45) is 0 Å². The van der Waals surface area contributed by atoms with Gasteiger partial charge in [-0.1, -0.05) is 42.5 Å². The molecule has 0 radical (unpaired) electrons. The molecule has 0 bridgehead atoms. The van der Waals surface area contributed by atoms with Crippen LogP contribution in [0.4, 0.5) is 24.9 Å². The molecule has 1 N–H and O–H groups in total. The van der Waals surface area contributed by atoms with E-state index in [9.17, 15) is 13.2 Å². The van der Waals surface area contributed by atoms with Gasteiger partial charge in [0.25, 0.3) is 0 Å². The van der Waals surface area contributed by atoms with Crippen LogP contribution in [0.25, 0.3) is 22.5 Å². The number of nitrogens with one attached hydrogen (secondary N) is 1. The minimum atomic E-state index is -4.48. The van der Waals surface area contributed by atoms with Gasteiger partial charge in [0.15, 0.2) is 5.82 Å².